The molecule has 0 bridgehead atoms. The number of rotatable bonds is 4. The largest absolute Gasteiger partial charge is 0.444 e. The van der Waals surface area contributed by atoms with E-state index in [2.05, 4.69) is 41.7 Å². The molecular formula is C26H26N2O2. The van der Waals surface area contributed by atoms with Crippen molar-refractivity contribution >= 4 is 17.5 Å². The van der Waals surface area contributed by atoms with Crippen LogP contribution in [0, 0.1) is 5.92 Å². The van der Waals surface area contributed by atoms with Crippen LogP contribution in [-0.4, -0.2) is 12.1 Å². The third kappa shape index (κ3) is 3.54. The Bertz CT molecular complexity index is 1010. The number of carbonyl (C=O) groups is 1. The van der Waals surface area contributed by atoms with Crippen molar-refractivity contribution in [2.45, 2.75) is 38.0 Å². The van der Waals surface area contributed by atoms with E-state index in [1.54, 1.807) is 0 Å². The third-order valence-corrected chi connectivity index (χ3v) is 6.32. The van der Waals surface area contributed by atoms with Crippen LogP contribution in [0.15, 0.2) is 84.9 Å². The lowest BCUT2D eigenvalue weighted by Gasteiger charge is -2.43. The average Bonchev–Trinajstić information content (AvgIpc) is 3.28. The van der Waals surface area contributed by atoms with E-state index in [4.69, 9.17) is 4.74 Å². The minimum Gasteiger partial charge on any atom is -0.444 e. The van der Waals surface area contributed by atoms with Crippen LogP contribution < -0.4 is 10.2 Å². The number of anilines is 2. The molecule has 1 aliphatic heterocycles. The fourth-order valence-electron chi connectivity index (χ4n) is 4.98. The highest BCUT2D eigenvalue weighted by atomic mass is 16.6. The lowest BCUT2D eigenvalue weighted by Crippen LogP contribution is -2.49. The second kappa shape index (κ2) is 8.23. The first-order chi connectivity index (χ1) is 14.8. The van der Waals surface area contributed by atoms with Crippen molar-refractivity contribution in [2.75, 3.05) is 10.2 Å². The Balaban J connectivity index is 1.44. The van der Waals surface area contributed by atoms with Crippen molar-refractivity contribution in [3.8, 4) is 0 Å². The second-order valence-corrected chi connectivity index (χ2v) is 8.12. The SMILES string of the molecule is O=C(OCc1ccccc1)N1c2ccccc2[C@H](Nc2ccccc2)[C@H]2CCC[C@H]21. The van der Waals surface area contributed by atoms with Gasteiger partial charge < -0.3 is 10.1 Å². The fraction of sp³-hybridized carbons (Fsp3) is 0.269. The zero-order valence-electron chi connectivity index (χ0n) is 16.9. The summed E-state index contributed by atoms with van der Waals surface area (Å²) in [5.41, 5.74) is 4.25. The molecule has 152 valence electrons. The zero-order chi connectivity index (χ0) is 20.3. The Kier molecular flexibility index (Phi) is 5.14. The van der Waals surface area contributed by atoms with Crippen molar-refractivity contribution in [1.29, 1.82) is 0 Å². The maximum atomic E-state index is 13.2. The summed E-state index contributed by atoms with van der Waals surface area (Å²) in [7, 11) is 0. The van der Waals surface area contributed by atoms with Crippen molar-refractivity contribution < 1.29 is 9.53 Å². The number of fused-ring (bicyclic) bond motifs is 2. The van der Waals surface area contributed by atoms with Crippen molar-refractivity contribution in [2.24, 2.45) is 5.92 Å². The summed E-state index contributed by atoms with van der Waals surface area (Å²) in [6, 6.07) is 28.8. The quantitative estimate of drug-likeness (QED) is 0.572. The molecule has 1 saturated carbocycles. The molecule has 1 fully saturated rings. The van der Waals surface area contributed by atoms with Crippen LogP contribution in [0.3, 0.4) is 0 Å². The van der Waals surface area contributed by atoms with Crippen LogP contribution in [-0.2, 0) is 11.3 Å². The molecule has 0 saturated heterocycles. The third-order valence-electron chi connectivity index (χ3n) is 6.32. The molecule has 1 aliphatic carbocycles. The molecule has 0 aromatic heterocycles. The molecule has 4 heteroatoms. The van der Waals surface area contributed by atoms with Gasteiger partial charge in [0.25, 0.3) is 0 Å². The van der Waals surface area contributed by atoms with Gasteiger partial charge in [0.1, 0.15) is 6.61 Å². The Morgan fingerprint density at radius 3 is 2.40 bits per heavy atom. The smallest absolute Gasteiger partial charge is 0.414 e. The molecular weight excluding hydrogens is 372 g/mol. The molecule has 4 nitrogen and oxygen atoms in total. The summed E-state index contributed by atoms with van der Waals surface area (Å²) in [6.45, 7) is 0.293. The number of para-hydroxylation sites is 2. The van der Waals surface area contributed by atoms with E-state index >= 15 is 0 Å². The monoisotopic (exact) mass is 398 g/mol. The maximum Gasteiger partial charge on any atom is 0.414 e. The average molecular weight is 399 g/mol. The molecule has 1 amide bonds. The number of hydrogen-bond acceptors (Lipinski definition) is 3. The predicted molar refractivity (Wildman–Crippen MR) is 119 cm³/mol. The van der Waals surface area contributed by atoms with Gasteiger partial charge in [-0.05, 0) is 42.2 Å². The normalized spacial score (nSPS) is 22.1. The Morgan fingerprint density at radius 1 is 0.900 bits per heavy atom. The number of benzene rings is 3. The molecule has 0 radical (unpaired) electrons. The van der Waals surface area contributed by atoms with Crippen LogP contribution in [0.25, 0.3) is 0 Å². The van der Waals surface area contributed by atoms with Gasteiger partial charge in [0.2, 0.25) is 0 Å². The van der Waals surface area contributed by atoms with Crippen LogP contribution in [0.5, 0.6) is 0 Å². The minimum atomic E-state index is -0.249. The Labute approximate surface area is 177 Å². The van der Waals surface area contributed by atoms with E-state index in [1.807, 2.05) is 53.4 Å². The van der Waals surface area contributed by atoms with Crippen molar-refractivity contribution in [3.63, 3.8) is 0 Å². The van der Waals surface area contributed by atoms with Gasteiger partial charge in [-0.25, -0.2) is 4.79 Å². The standard InChI is InChI=1S/C26H26N2O2/c29-26(30-18-19-10-3-1-4-11-19)28-23-16-8-7-14-21(23)25(22-15-9-17-24(22)28)27-20-12-5-2-6-13-20/h1-8,10-14,16,22,24-25,27H,9,15,17-18H2/t22-,24+,25-/m0/s1. The predicted octanol–water partition coefficient (Wildman–Crippen LogP) is 6.17. The summed E-state index contributed by atoms with van der Waals surface area (Å²) in [5, 5.41) is 3.75. The molecule has 3 aromatic carbocycles. The molecule has 3 atom stereocenters. The van der Waals surface area contributed by atoms with Crippen LogP contribution >= 0.6 is 0 Å². The molecule has 1 heterocycles. The van der Waals surface area contributed by atoms with E-state index in [0.717, 1.165) is 36.2 Å². The van der Waals surface area contributed by atoms with E-state index in [9.17, 15) is 4.79 Å². The molecule has 0 unspecified atom stereocenters. The summed E-state index contributed by atoms with van der Waals surface area (Å²) in [4.78, 5) is 15.1. The van der Waals surface area contributed by atoms with E-state index in [-0.39, 0.29) is 18.2 Å². The number of amides is 1. The second-order valence-electron chi connectivity index (χ2n) is 8.12. The van der Waals surface area contributed by atoms with Gasteiger partial charge >= 0.3 is 6.09 Å². The van der Waals surface area contributed by atoms with Crippen LogP contribution in [0.4, 0.5) is 16.2 Å². The highest BCUT2D eigenvalue weighted by Gasteiger charge is 2.46. The lowest BCUT2D eigenvalue weighted by molar-refractivity contribution is 0.141. The summed E-state index contributed by atoms with van der Waals surface area (Å²) in [5.74, 6) is 0.365. The molecule has 2 aliphatic rings. The van der Waals surface area contributed by atoms with E-state index in [1.165, 1.54) is 5.56 Å². The fourth-order valence-corrected chi connectivity index (χ4v) is 4.98. The highest BCUT2D eigenvalue weighted by Crippen LogP contribution is 2.49. The van der Waals surface area contributed by atoms with Gasteiger partial charge in [0, 0.05) is 17.6 Å². The molecule has 3 aromatic rings. The minimum absolute atomic E-state index is 0.157. The molecule has 1 N–H and O–H groups in total. The first-order valence-corrected chi connectivity index (χ1v) is 10.7. The van der Waals surface area contributed by atoms with Crippen LogP contribution in [0.1, 0.15) is 36.4 Å². The van der Waals surface area contributed by atoms with Gasteiger partial charge in [-0.1, -0.05) is 73.2 Å². The van der Waals surface area contributed by atoms with Crippen molar-refractivity contribution in [1.82, 2.24) is 0 Å². The first-order valence-electron chi connectivity index (χ1n) is 10.7. The molecule has 30 heavy (non-hydrogen) atoms. The van der Waals surface area contributed by atoms with Gasteiger partial charge in [-0.15, -0.1) is 0 Å². The van der Waals surface area contributed by atoms with Crippen molar-refractivity contribution in [3.05, 3.63) is 96.1 Å². The van der Waals surface area contributed by atoms with E-state index in [0.29, 0.717) is 12.5 Å². The van der Waals surface area contributed by atoms with Gasteiger partial charge in [-0.3, -0.25) is 4.90 Å². The lowest BCUT2D eigenvalue weighted by atomic mass is 9.83. The molecule has 5 rings (SSSR count). The first kappa shape index (κ1) is 18.7. The summed E-state index contributed by atoms with van der Waals surface area (Å²) < 4.78 is 5.75. The van der Waals surface area contributed by atoms with Gasteiger partial charge in [0.15, 0.2) is 0 Å². The number of ether oxygens (including phenoxy) is 1. The number of nitrogens with zero attached hydrogens (tertiary/aromatic N) is 1. The number of carbonyl (C=O) groups excluding carboxylic acids is 1. The highest BCUT2D eigenvalue weighted by molar-refractivity contribution is 5.90. The Hall–Kier alpha value is -3.27. The van der Waals surface area contributed by atoms with E-state index < -0.39 is 0 Å². The van der Waals surface area contributed by atoms with Crippen LogP contribution in [0.2, 0.25) is 0 Å². The molecule has 0 spiro atoms. The summed E-state index contributed by atoms with van der Waals surface area (Å²) >= 11 is 0. The number of nitrogens with one attached hydrogen (secondary N) is 1. The maximum absolute atomic E-state index is 13.2. The zero-order valence-corrected chi connectivity index (χ0v) is 16.9. The Morgan fingerprint density at radius 2 is 1.60 bits per heavy atom. The summed E-state index contributed by atoms with van der Waals surface area (Å²) in [6.07, 6.45) is 2.98. The van der Waals surface area contributed by atoms with Gasteiger partial charge in [0.05, 0.1) is 11.7 Å². The topological polar surface area (TPSA) is 41.6 Å². The van der Waals surface area contributed by atoms with Gasteiger partial charge in [-0.2, -0.15) is 0 Å². The number of hydrogen-bond donors (Lipinski definition) is 1.